The predicted octanol–water partition coefficient (Wildman–Crippen LogP) is 1.59. The number of hydrogen-bond donors (Lipinski definition) is 1. The molecule has 4 nitrogen and oxygen atoms in total. The van der Waals surface area contributed by atoms with E-state index in [1.165, 1.54) is 38.5 Å². The zero-order chi connectivity index (χ0) is 13.7. The Hall–Kier alpha value is -0.610. The maximum atomic E-state index is 12.5. The molecule has 2 N–H and O–H groups in total. The van der Waals surface area contributed by atoms with Gasteiger partial charge in [0.15, 0.2) is 0 Å². The molecule has 110 valence electrons. The summed E-state index contributed by atoms with van der Waals surface area (Å²) in [5.74, 6) is 0.284. The highest BCUT2D eigenvalue weighted by molar-refractivity contribution is 5.82. The molecule has 1 atom stereocenters. The first kappa shape index (κ1) is 14.8. The van der Waals surface area contributed by atoms with Gasteiger partial charge in [-0.3, -0.25) is 9.69 Å². The molecule has 0 bridgehead atoms. The van der Waals surface area contributed by atoms with Crippen LogP contribution in [0.25, 0.3) is 0 Å². The first-order chi connectivity index (χ1) is 9.24. The summed E-state index contributed by atoms with van der Waals surface area (Å²) in [5.41, 5.74) is 5.74. The average molecular weight is 267 g/mol. The molecule has 1 saturated carbocycles. The largest absolute Gasteiger partial charge is 0.344 e. The van der Waals surface area contributed by atoms with Crippen LogP contribution in [0.5, 0.6) is 0 Å². The number of nitrogens with two attached hydrogens (primary N) is 1. The van der Waals surface area contributed by atoms with Gasteiger partial charge in [-0.05, 0) is 32.2 Å². The highest BCUT2D eigenvalue weighted by Gasteiger charge is 2.34. The lowest BCUT2D eigenvalue weighted by molar-refractivity contribution is -0.135. The van der Waals surface area contributed by atoms with Crippen LogP contribution in [0, 0.1) is 0 Å². The maximum absolute atomic E-state index is 12.5. The van der Waals surface area contributed by atoms with Crippen molar-refractivity contribution in [1.82, 2.24) is 9.80 Å². The lowest BCUT2D eigenvalue weighted by Crippen LogP contribution is -2.50. The topological polar surface area (TPSA) is 49.6 Å². The lowest BCUT2D eigenvalue weighted by atomic mass is 10.0. The first-order valence-corrected chi connectivity index (χ1v) is 7.95. The minimum absolute atomic E-state index is 0.0283. The quantitative estimate of drug-likeness (QED) is 0.790. The Labute approximate surface area is 117 Å². The molecule has 19 heavy (non-hydrogen) atoms. The second-order valence-electron chi connectivity index (χ2n) is 6.09. The predicted molar refractivity (Wildman–Crippen MR) is 77.9 cm³/mol. The summed E-state index contributed by atoms with van der Waals surface area (Å²) in [6.07, 6.45) is 9.79. The Morgan fingerprint density at radius 1 is 1.11 bits per heavy atom. The number of rotatable bonds is 3. The van der Waals surface area contributed by atoms with E-state index in [-0.39, 0.29) is 11.9 Å². The Bertz CT molecular complexity index is 287. The zero-order valence-corrected chi connectivity index (χ0v) is 12.3. The van der Waals surface area contributed by atoms with Crippen LogP contribution >= 0.6 is 0 Å². The summed E-state index contributed by atoms with van der Waals surface area (Å²) < 4.78 is 0. The van der Waals surface area contributed by atoms with Crippen molar-refractivity contribution < 1.29 is 4.79 Å². The summed E-state index contributed by atoms with van der Waals surface area (Å²) in [5, 5.41) is 0. The van der Waals surface area contributed by atoms with Crippen LogP contribution < -0.4 is 5.73 Å². The molecule has 1 aliphatic heterocycles. The Kier molecular flexibility index (Phi) is 5.64. The third-order valence-electron chi connectivity index (χ3n) is 4.71. The fourth-order valence-corrected chi connectivity index (χ4v) is 3.63. The molecule has 0 spiro atoms. The third kappa shape index (κ3) is 3.69. The molecule has 1 heterocycles. The van der Waals surface area contributed by atoms with Crippen LogP contribution in [0.3, 0.4) is 0 Å². The maximum Gasteiger partial charge on any atom is 0.239 e. The SMILES string of the molecule is CN1CCCN(C2CCCCCC2)C(CCN)C1=O. The van der Waals surface area contributed by atoms with Crippen LogP contribution in [0.4, 0.5) is 0 Å². The van der Waals surface area contributed by atoms with Gasteiger partial charge in [-0.15, -0.1) is 0 Å². The molecule has 2 fully saturated rings. The molecule has 0 aromatic heterocycles. The van der Waals surface area contributed by atoms with E-state index in [1.807, 2.05) is 11.9 Å². The zero-order valence-electron chi connectivity index (χ0n) is 12.3. The van der Waals surface area contributed by atoms with Crippen molar-refractivity contribution in [3.05, 3.63) is 0 Å². The summed E-state index contributed by atoms with van der Waals surface area (Å²) in [6.45, 7) is 2.56. The van der Waals surface area contributed by atoms with Gasteiger partial charge in [0.25, 0.3) is 0 Å². The van der Waals surface area contributed by atoms with Gasteiger partial charge in [0.1, 0.15) is 0 Å². The summed E-state index contributed by atoms with van der Waals surface area (Å²) in [4.78, 5) is 16.9. The number of hydrogen-bond acceptors (Lipinski definition) is 3. The third-order valence-corrected chi connectivity index (χ3v) is 4.71. The van der Waals surface area contributed by atoms with Crippen molar-refractivity contribution in [2.75, 3.05) is 26.7 Å². The molecule has 4 heteroatoms. The van der Waals surface area contributed by atoms with Gasteiger partial charge in [-0.25, -0.2) is 0 Å². The van der Waals surface area contributed by atoms with Crippen molar-refractivity contribution >= 4 is 5.91 Å². The van der Waals surface area contributed by atoms with Crippen molar-refractivity contribution in [3.8, 4) is 0 Å². The summed E-state index contributed by atoms with van der Waals surface area (Å²) in [7, 11) is 1.93. The molecule has 1 aliphatic carbocycles. The molecule has 0 aromatic rings. The molecular formula is C15H29N3O. The highest BCUT2D eigenvalue weighted by atomic mass is 16.2. The van der Waals surface area contributed by atoms with Crippen LogP contribution in [-0.2, 0) is 4.79 Å². The summed E-state index contributed by atoms with van der Waals surface area (Å²) in [6, 6.07) is 0.634. The van der Waals surface area contributed by atoms with Crippen molar-refractivity contribution in [1.29, 1.82) is 0 Å². The van der Waals surface area contributed by atoms with E-state index in [2.05, 4.69) is 4.90 Å². The second kappa shape index (κ2) is 7.25. The number of likely N-dealkylation sites (N-methyl/N-ethyl adjacent to an activating group) is 1. The smallest absolute Gasteiger partial charge is 0.239 e. The van der Waals surface area contributed by atoms with E-state index in [0.717, 1.165) is 25.9 Å². The molecule has 1 unspecified atom stereocenters. The van der Waals surface area contributed by atoms with Crippen LogP contribution in [0.2, 0.25) is 0 Å². The van der Waals surface area contributed by atoms with Gasteiger partial charge in [-0.1, -0.05) is 25.7 Å². The monoisotopic (exact) mass is 267 g/mol. The Morgan fingerprint density at radius 3 is 2.42 bits per heavy atom. The highest BCUT2D eigenvalue weighted by Crippen LogP contribution is 2.26. The van der Waals surface area contributed by atoms with Gasteiger partial charge < -0.3 is 10.6 Å². The normalized spacial score (nSPS) is 28.2. The molecule has 1 amide bonds. The van der Waals surface area contributed by atoms with E-state index >= 15 is 0 Å². The van der Waals surface area contributed by atoms with E-state index in [1.54, 1.807) is 0 Å². The fourth-order valence-electron chi connectivity index (χ4n) is 3.63. The minimum atomic E-state index is 0.0283. The molecule has 1 saturated heterocycles. The van der Waals surface area contributed by atoms with Crippen LogP contribution in [0.15, 0.2) is 0 Å². The fraction of sp³-hybridized carbons (Fsp3) is 0.933. The van der Waals surface area contributed by atoms with E-state index < -0.39 is 0 Å². The van der Waals surface area contributed by atoms with Crippen molar-refractivity contribution in [2.45, 2.75) is 63.5 Å². The Balaban J connectivity index is 2.11. The van der Waals surface area contributed by atoms with E-state index in [0.29, 0.717) is 12.6 Å². The van der Waals surface area contributed by atoms with Gasteiger partial charge >= 0.3 is 0 Å². The summed E-state index contributed by atoms with van der Waals surface area (Å²) >= 11 is 0. The standard InChI is InChI=1S/C15H29N3O/c1-17-11-6-12-18(14(9-10-16)15(17)19)13-7-4-2-3-5-8-13/h13-14H,2-12,16H2,1H3. The van der Waals surface area contributed by atoms with Crippen LogP contribution in [0.1, 0.15) is 51.4 Å². The molecule has 0 radical (unpaired) electrons. The average Bonchev–Trinajstić information content (AvgIpc) is 2.74. The molecule has 2 rings (SSSR count). The van der Waals surface area contributed by atoms with E-state index in [4.69, 9.17) is 5.73 Å². The number of amides is 1. The number of carbonyl (C=O) groups is 1. The van der Waals surface area contributed by atoms with E-state index in [9.17, 15) is 4.79 Å². The van der Waals surface area contributed by atoms with Crippen LogP contribution in [-0.4, -0.2) is 54.5 Å². The second-order valence-corrected chi connectivity index (χ2v) is 6.09. The lowest BCUT2D eigenvalue weighted by Gasteiger charge is -2.36. The van der Waals surface area contributed by atoms with Crippen molar-refractivity contribution in [3.63, 3.8) is 0 Å². The molecule has 0 aromatic carbocycles. The van der Waals surface area contributed by atoms with Gasteiger partial charge in [0.2, 0.25) is 5.91 Å². The first-order valence-electron chi connectivity index (χ1n) is 7.95. The number of carbonyl (C=O) groups excluding carboxylic acids is 1. The minimum Gasteiger partial charge on any atom is -0.344 e. The number of nitrogens with zero attached hydrogens (tertiary/aromatic N) is 2. The molecular weight excluding hydrogens is 238 g/mol. The van der Waals surface area contributed by atoms with Gasteiger partial charge in [-0.2, -0.15) is 0 Å². The molecule has 2 aliphatic rings. The van der Waals surface area contributed by atoms with Crippen molar-refractivity contribution in [2.24, 2.45) is 5.73 Å². The van der Waals surface area contributed by atoms with Gasteiger partial charge in [0.05, 0.1) is 6.04 Å². The Morgan fingerprint density at radius 2 is 1.79 bits per heavy atom. The van der Waals surface area contributed by atoms with Gasteiger partial charge in [0, 0.05) is 26.2 Å².